The molecule has 1 aromatic rings. The first-order valence-electron chi connectivity index (χ1n) is 6.95. The van der Waals surface area contributed by atoms with Crippen LogP contribution in [0.5, 0.6) is 0 Å². The Kier molecular flexibility index (Phi) is 9.94. The molecule has 0 atom stereocenters. The number of hydrogen-bond donors (Lipinski definition) is 0. The zero-order valence-corrected chi connectivity index (χ0v) is 12.5. The first kappa shape index (κ1) is 16.6. The van der Waals surface area contributed by atoms with Crippen molar-refractivity contribution in [3.8, 4) is 0 Å². The van der Waals surface area contributed by atoms with Crippen LogP contribution in [0.3, 0.4) is 0 Å². The van der Waals surface area contributed by atoms with Gasteiger partial charge in [0.2, 0.25) is 0 Å². The van der Waals surface area contributed by atoms with Gasteiger partial charge in [-0.1, -0.05) is 51.8 Å². The lowest BCUT2D eigenvalue weighted by atomic mass is 10.1. The highest BCUT2D eigenvalue weighted by atomic mass is 14.7. The van der Waals surface area contributed by atoms with Crippen LogP contribution >= 0.6 is 0 Å². The van der Waals surface area contributed by atoms with Crippen LogP contribution in [0.25, 0.3) is 5.57 Å². The fraction of sp³-hybridized carbons (Fsp3) is 0.471. The van der Waals surface area contributed by atoms with Crippen LogP contribution in [0, 0.1) is 6.92 Å². The Morgan fingerprint density at radius 2 is 1.94 bits per heavy atom. The molecule has 1 heteroatoms. The minimum absolute atomic E-state index is 1.06. The summed E-state index contributed by atoms with van der Waals surface area (Å²) in [6.07, 6.45) is 11.9. The summed E-state index contributed by atoms with van der Waals surface area (Å²) >= 11 is 0. The molecule has 0 fully saturated rings. The van der Waals surface area contributed by atoms with Gasteiger partial charge in [0.25, 0.3) is 0 Å². The summed E-state index contributed by atoms with van der Waals surface area (Å²) in [5.74, 6) is 0. The van der Waals surface area contributed by atoms with Gasteiger partial charge >= 0.3 is 0 Å². The molecule has 0 unspecified atom stereocenters. The van der Waals surface area contributed by atoms with E-state index >= 15 is 0 Å². The smallest absolute Gasteiger partial charge is 0.0701 e. The molecule has 0 aliphatic carbocycles. The van der Waals surface area contributed by atoms with E-state index in [-0.39, 0.29) is 0 Å². The number of allylic oxidation sites excluding steroid dienone is 4. The van der Waals surface area contributed by atoms with E-state index in [0.717, 1.165) is 12.1 Å². The van der Waals surface area contributed by atoms with Crippen molar-refractivity contribution in [1.29, 1.82) is 0 Å². The molecule has 0 amide bonds. The van der Waals surface area contributed by atoms with Crippen molar-refractivity contribution in [2.24, 2.45) is 0 Å². The molecular formula is C17H27N. The lowest BCUT2D eigenvalue weighted by Gasteiger charge is -2.01. The van der Waals surface area contributed by atoms with E-state index in [1.165, 1.54) is 24.0 Å². The van der Waals surface area contributed by atoms with Gasteiger partial charge in [0.05, 0.1) is 5.69 Å². The largest absolute Gasteiger partial charge is 0.256 e. The van der Waals surface area contributed by atoms with Gasteiger partial charge in [-0.25, -0.2) is 0 Å². The van der Waals surface area contributed by atoms with Crippen molar-refractivity contribution in [3.05, 3.63) is 47.8 Å². The average Bonchev–Trinajstić information content (AvgIpc) is 2.36. The minimum Gasteiger partial charge on any atom is -0.256 e. The molecule has 1 aromatic heterocycles. The Morgan fingerprint density at radius 1 is 1.28 bits per heavy atom. The molecule has 0 radical (unpaired) electrons. The summed E-state index contributed by atoms with van der Waals surface area (Å²) in [4.78, 5) is 4.37. The second-order valence-electron chi connectivity index (χ2n) is 4.36. The van der Waals surface area contributed by atoms with E-state index in [1.54, 1.807) is 0 Å². The van der Waals surface area contributed by atoms with Crippen molar-refractivity contribution in [1.82, 2.24) is 4.98 Å². The lowest BCUT2D eigenvalue weighted by Crippen LogP contribution is -1.87. The van der Waals surface area contributed by atoms with Crippen LogP contribution in [0.4, 0.5) is 0 Å². The van der Waals surface area contributed by atoms with Crippen molar-refractivity contribution in [2.45, 2.75) is 53.9 Å². The summed E-state index contributed by atoms with van der Waals surface area (Å²) in [7, 11) is 0. The van der Waals surface area contributed by atoms with Crippen molar-refractivity contribution in [2.75, 3.05) is 0 Å². The van der Waals surface area contributed by atoms with Crippen molar-refractivity contribution < 1.29 is 0 Å². The van der Waals surface area contributed by atoms with Gasteiger partial charge in [-0.3, -0.25) is 4.98 Å². The van der Waals surface area contributed by atoms with Crippen LogP contribution in [0.1, 0.15) is 58.2 Å². The molecule has 0 saturated carbocycles. The molecule has 0 aromatic carbocycles. The van der Waals surface area contributed by atoms with E-state index in [9.17, 15) is 0 Å². The molecule has 1 nitrogen and oxygen atoms in total. The third-order valence-corrected chi connectivity index (χ3v) is 2.27. The molecular weight excluding hydrogens is 218 g/mol. The topological polar surface area (TPSA) is 12.9 Å². The summed E-state index contributed by atoms with van der Waals surface area (Å²) < 4.78 is 0. The zero-order valence-electron chi connectivity index (χ0n) is 12.5. The van der Waals surface area contributed by atoms with Crippen LogP contribution < -0.4 is 0 Å². The van der Waals surface area contributed by atoms with E-state index in [0.29, 0.717) is 0 Å². The van der Waals surface area contributed by atoms with Gasteiger partial charge in [0.15, 0.2) is 0 Å². The highest BCUT2D eigenvalue weighted by Gasteiger charge is 1.97. The molecule has 0 N–H and O–H groups in total. The predicted molar refractivity (Wildman–Crippen MR) is 82.6 cm³/mol. The first-order chi connectivity index (χ1) is 8.69. The fourth-order valence-corrected chi connectivity index (χ4v) is 1.40. The van der Waals surface area contributed by atoms with Gasteiger partial charge in [0.1, 0.15) is 0 Å². The Hall–Kier alpha value is -1.37. The Morgan fingerprint density at radius 3 is 2.44 bits per heavy atom. The summed E-state index contributed by atoms with van der Waals surface area (Å²) in [5.41, 5.74) is 3.51. The minimum atomic E-state index is 1.06. The standard InChI is InChI=1S/C14H19N.C3H8/c1-4-6-7-8-13(5-2)14-11-12(3)9-10-15-14;1-3-2/h5,7-11H,4,6H2,1-3H3;3H2,1-2H3/b8-7-,13-5+;. The van der Waals surface area contributed by atoms with Gasteiger partial charge in [-0.05, 0) is 43.5 Å². The van der Waals surface area contributed by atoms with Crippen LogP contribution in [0.2, 0.25) is 0 Å². The number of nitrogens with zero attached hydrogens (tertiary/aromatic N) is 1. The normalized spacial score (nSPS) is 11.3. The molecule has 100 valence electrons. The maximum atomic E-state index is 4.37. The van der Waals surface area contributed by atoms with Crippen LogP contribution in [-0.4, -0.2) is 4.98 Å². The number of rotatable bonds is 4. The maximum absolute atomic E-state index is 4.37. The van der Waals surface area contributed by atoms with Gasteiger partial charge < -0.3 is 0 Å². The van der Waals surface area contributed by atoms with Crippen molar-refractivity contribution >= 4 is 5.57 Å². The van der Waals surface area contributed by atoms with E-state index < -0.39 is 0 Å². The number of unbranched alkanes of at least 4 members (excludes halogenated alkanes) is 1. The molecule has 1 heterocycles. The highest BCUT2D eigenvalue weighted by molar-refractivity contribution is 5.71. The monoisotopic (exact) mass is 245 g/mol. The summed E-state index contributed by atoms with van der Waals surface area (Å²) in [5, 5.41) is 0. The molecule has 0 aliphatic rings. The van der Waals surface area contributed by atoms with E-state index in [4.69, 9.17) is 0 Å². The van der Waals surface area contributed by atoms with Crippen LogP contribution in [-0.2, 0) is 0 Å². The van der Waals surface area contributed by atoms with E-state index in [2.05, 4.69) is 63.9 Å². The van der Waals surface area contributed by atoms with Crippen LogP contribution in [0.15, 0.2) is 36.6 Å². The predicted octanol–water partition coefficient (Wildman–Crippen LogP) is 5.57. The number of pyridine rings is 1. The average molecular weight is 245 g/mol. The highest BCUT2D eigenvalue weighted by Crippen LogP contribution is 2.14. The molecule has 0 saturated heterocycles. The third kappa shape index (κ3) is 7.05. The number of hydrogen-bond acceptors (Lipinski definition) is 1. The molecule has 1 rings (SSSR count). The van der Waals surface area contributed by atoms with E-state index in [1.807, 2.05) is 12.3 Å². The Balaban J connectivity index is 0.000000873. The van der Waals surface area contributed by atoms with Gasteiger partial charge in [-0.15, -0.1) is 0 Å². The summed E-state index contributed by atoms with van der Waals surface area (Å²) in [6, 6.07) is 4.14. The van der Waals surface area contributed by atoms with Gasteiger partial charge in [0, 0.05) is 6.20 Å². The zero-order chi connectivity index (χ0) is 13.8. The fourth-order valence-electron chi connectivity index (χ4n) is 1.40. The molecule has 0 spiro atoms. The summed E-state index contributed by atoms with van der Waals surface area (Å²) in [6.45, 7) is 10.6. The van der Waals surface area contributed by atoms with Crippen molar-refractivity contribution in [3.63, 3.8) is 0 Å². The second-order valence-corrected chi connectivity index (χ2v) is 4.36. The second kappa shape index (κ2) is 10.8. The quantitative estimate of drug-likeness (QED) is 0.632. The Labute approximate surface area is 113 Å². The number of aromatic nitrogens is 1. The first-order valence-corrected chi connectivity index (χ1v) is 6.95. The maximum Gasteiger partial charge on any atom is 0.0701 e. The van der Waals surface area contributed by atoms with Gasteiger partial charge in [-0.2, -0.15) is 0 Å². The SMILES string of the molecule is C/C=C(\C=C/CCC)c1cc(C)ccn1.CCC. The lowest BCUT2D eigenvalue weighted by molar-refractivity contribution is 0.959. The Bertz CT molecular complexity index is 375. The molecule has 18 heavy (non-hydrogen) atoms. The third-order valence-electron chi connectivity index (χ3n) is 2.27. The molecule has 0 aliphatic heterocycles. The molecule has 0 bridgehead atoms. The number of aryl methyl sites for hydroxylation is 1.